The number of ether oxygens (including phenoxy) is 1. The SMILES string of the molecule is CC(C)(C)OC(=O)NCCC[C@@H](C(=O)NCc1ccccc1)N1C(=O)N(c2ccccc2)C(=N)[C@H]1Cc1ccccc1. The molecule has 0 radical (unpaired) electrons. The van der Waals surface area contributed by atoms with Crippen LogP contribution in [0.2, 0.25) is 0 Å². The lowest BCUT2D eigenvalue weighted by atomic mass is 10.0. The molecule has 1 aliphatic heterocycles. The number of urea groups is 1. The van der Waals surface area contributed by atoms with Crippen LogP contribution in [-0.4, -0.2) is 53.0 Å². The van der Waals surface area contributed by atoms with Gasteiger partial charge in [-0.25, -0.2) is 14.5 Å². The third-order valence-electron chi connectivity index (χ3n) is 6.86. The van der Waals surface area contributed by atoms with Gasteiger partial charge in [0.05, 0.1) is 11.7 Å². The number of hydrogen-bond acceptors (Lipinski definition) is 5. The van der Waals surface area contributed by atoms with Crippen LogP contribution >= 0.6 is 0 Å². The third-order valence-corrected chi connectivity index (χ3v) is 6.86. The van der Waals surface area contributed by atoms with E-state index >= 15 is 0 Å². The summed E-state index contributed by atoms with van der Waals surface area (Å²) >= 11 is 0. The zero-order valence-electron chi connectivity index (χ0n) is 24.4. The minimum absolute atomic E-state index is 0.114. The molecule has 1 aliphatic rings. The summed E-state index contributed by atoms with van der Waals surface area (Å²) in [4.78, 5) is 43.0. The molecule has 42 heavy (non-hydrogen) atoms. The normalized spacial score (nSPS) is 15.8. The Bertz CT molecular complexity index is 1360. The second kappa shape index (κ2) is 13.8. The lowest BCUT2D eigenvalue weighted by Gasteiger charge is -2.31. The van der Waals surface area contributed by atoms with E-state index in [1.807, 2.05) is 78.9 Å². The van der Waals surface area contributed by atoms with E-state index in [4.69, 9.17) is 10.1 Å². The molecule has 0 aromatic heterocycles. The Morgan fingerprint density at radius 1 is 0.881 bits per heavy atom. The van der Waals surface area contributed by atoms with Crippen LogP contribution in [0, 0.1) is 5.41 Å². The van der Waals surface area contributed by atoms with Gasteiger partial charge >= 0.3 is 12.1 Å². The first kappa shape index (κ1) is 30.3. The van der Waals surface area contributed by atoms with Crippen LogP contribution in [-0.2, 0) is 22.5 Å². The molecule has 3 aromatic carbocycles. The van der Waals surface area contributed by atoms with Gasteiger partial charge in [-0.2, -0.15) is 0 Å². The first-order valence-electron chi connectivity index (χ1n) is 14.2. The summed E-state index contributed by atoms with van der Waals surface area (Å²) in [5.41, 5.74) is 1.83. The molecule has 9 heteroatoms. The van der Waals surface area contributed by atoms with Gasteiger partial charge in [0, 0.05) is 19.5 Å². The molecule has 1 fully saturated rings. The Morgan fingerprint density at radius 2 is 1.45 bits per heavy atom. The van der Waals surface area contributed by atoms with Crippen molar-refractivity contribution in [1.82, 2.24) is 15.5 Å². The molecule has 4 rings (SSSR count). The maximum absolute atomic E-state index is 14.1. The standard InChI is InChI=1S/C33H39N5O4/c1-33(2,3)42-31(40)35-21-13-20-27(30(39)36-23-25-16-9-5-10-17-25)38-28(22-24-14-7-4-8-15-24)29(34)37(32(38)41)26-18-11-6-12-19-26/h4-12,14-19,27-28,34H,13,20-23H2,1-3H3,(H,35,40)(H,36,39)/t27-,28+/m0/s1. The van der Waals surface area contributed by atoms with Crippen molar-refractivity contribution in [2.45, 2.75) is 64.3 Å². The van der Waals surface area contributed by atoms with Crippen LogP contribution in [0.5, 0.6) is 0 Å². The second-order valence-corrected chi connectivity index (χ2v) is 11.2. The highest BCUT2D eigenvalue weighted by Crippen LogP contribution is 2.30. The predicted molar refractivity (Wildman–Crippen MR) is 163 cm³/mol. The van der Waals surface area contributed by atoms with E-state index in [9.17, 15) is 14.4 Å². The summed E-state index contributed by atoms with van der Waals surface area (Å²) in [5.74, 6) is -0.201. The number of nitrogens with zero attached hydrogens (tertiary/aromatic N) is 2. The molecule has 2 atom stereocenters. The Kier molecular flexibility index (Phi) is 9.96. The maximum atomic E-state index is 14.1. The average Bonchev–Trinajstić information content (AvgIpc) is 3.20. The molecule has 3 aromatic rings. The van der Waals surface area contributed by atoms with Crippen molar-refractivity contribution < 1.29 is 19.1 Å². The van der Waals surface area contributed by atoms with Gasteiger partial charge < -0.3 is 20.3 Å². The number of benzene rings is 3. The van der Waals surface area contributed by atoms with Gasteiger partial charge in [0.2, 0.25) is 5.91 Å². The largest absolute Gasteiger partial charge is 0.444 e. The van der Waals surface area contributed by atoms with Crippen molar-refractivity contribution in [3.8, 4) is 0 Å². The van der Waals surface area contributed by atoms with Gasteiger partial charge in [0.15, 0.2) is 0 Å². The number of carbonyl (C=O) groups is 3. The number of rotatable bonds is 11. The summed E-state index contributed by atoms with van der Waals surface area (Å²) in [6, 6.07) is 26.3. The first-order valence-corrected chi connectivity index (χ1v) is 14.2. The molecule has 1 heterocycles. The topological polar surface area (TPSA) is 115 Å². The fraction of sp³-hybridized carbons (Fsp3) is 0.333. The Labute approximate surface area is 247 Å². The molecule has 220 valence electrons. The molecule has 0 bridgehead atoms. The van der Waals surface area contributed by atoms with Gasteiger partial charge in [-0.15, -0.1) is 0 Å². The Morgan fingerprint density at radius 3 is 2.05 bits per heavy atom. The highest BCUT2D eigenvalue weighted by atomic mass is 16.6. The average molecular weight is 570 g/mol. The van der Waals surface area contributed by atoms with Gasteiger partial charge in [-0.1, -0.05) is 78.9 Å². The zero-order valence-corrected chi connectivity index (χ0v) is 24.4. The number of para-hydroxylation sites is 1. The monoisotopic (exact) mass is 569 g/mol. The van der Waals surface area contributed by atoms with Crippen LogP contribution in [0.15, 0.2) is 91.0 Å². The van der Waals surface area contributed by atoms with Gasteiger partial charge in [0.1, 0.15) is 17.5 Å². The number of hydrogen-bond donors (Lipinski definition) is 3. The second-order valence-electron chi connectivity index (χ2n) is 11.2. The Balaban J connectivity index is 1.60. The highest BCUT2D eigenvalue weighted by molar-refractivity contribution is 6.23. The van der Waals surface area contributed by atoms with E-state index in [2.05, 4.69) is 10.6 Å². The Hall–Kier alpha value is -4.66. The van der Waals surface area contributed by atoms with Crippen molar-refractivity contribution in [3.05, 3.63) is 102 Å². The minimum Gasteiger partial charge on any atom is -0.444 e. The van der Waals surface area contributed by atoms with E-state index in [1.165, 1.54) is 9.80 Å². The first-order chi connectivity index (χ1) is 20.1. The summed E-state index contributed by atoms with van der Waals surface area (Å²) in [6.07, 6.45) is 0.545. The smallest absolute Gasteiger partial charge is 0.407 e. The van der Waals surface area contributed by atoms with Crippen molar-refractivity contribution >= 4 is 29.6 Å². The van der Waals surface area contributed by atoms with Crippen LogP contribution < -0.4 is 15.5 Å². The molecule has 3 N–H and O–H groups in total. The van der Waals surface area contributed by atoms with Crippen LogP contribution in [0.4, 0.5) is 15.3 Å². The number of amides is 4. The van der Waals surface area contributed by atoms with Crippen LogP contribution in [0.3, 0.4) is 0 Å². The molecule has 4 amide bonds. The zero-order chi connectivity index (χ0) is 30.1. The fourth-order valence-corrected chi connectivity index (χ4v) is 4.94. The minimum atomic E-state index is -0.871. The summed E-state index contributed by atoms with van der Waals surface area (Å²) in [6.45, 7) is 5.94. The number of nitrogens with one attached hydrogen (secondary N) is 3. The molecule has 0 unspecified atom stereocenters. The van der Waals surface area contributed by atoms with E-state index in [0.29, 0.717) is 25.1 Å². The molecule has 0 aliphatic carbocycles. The number of carbonyl (C=O) groups excluding carboxylic acids is 3. The maximum Gasteiger partial charge on any atom is 0.407 e. The van der Waals surface area contributed by atoms with Crippen molar-refractivity contribution in [2.24, 2.45) is 0 Å². The fourth-order valence-electron chi connectivity index (χ4n) is 4.94. The van der Waals surface area contributed by atoms with E-state index < -0.39 is 29.8 Å². The van der Waals surface area contributed by atoms with E-state index in [1.54, 1.807) is 32.9 Å². The molecule has 9 nitrogen and oxygen atoms in total. The van der Waals surface area contributed by atoms with Gasteiger partial charge in [-0.05, 0) is 56.9 Å². The predicted octanol–water partition coefficient (Wildman–Crippen LogP) is 5.51. The number of alkyl carbamates (subject to hydrolysis) is 1. The number of anilines is 1. The molecular weight excluding hydrogens is 530 g/mol. The van der Waals surface area contributed by atoms with Gasteiger partial charge in [-0.3, -0.25) is 10.2 Å². The highest BCUT2D eigenvalue weighted by Gasteiger charge is 2.48. The van der Waals surface area contributed by atoms with Crippen molar-refractivity contribution in [2.75, 3.05) is 11.4 Å². The molecule has 1 saturated heterocycles. The van der Waals surface area contributed by atoms with Crippen molar-refractivity contribution in [3.63, 3.8) is 0 Å². The molecule has 0 saturated carbocycles. The lowest BCUT2D eigenvalue weighted by Crippen LogP contribution is -2.52. The van der Waals surface area contributed by atoms with Crippen LogP contribution in [0.25, 0.3) is 0 Å². The van der Waals surface area contributed by atoms with Crippen molar-refractivity contribution in [1.29, 1.82) is 5.41 Å². The summed E-state index contributed by atoms with van der Waals surface area (Å²) in [7, 11) is 0. The molecular formula is C33H39N5O4. The lowest BCUT2D eigenvalue weighted by molar-refractivity contribution is -0.126. The van der Waals surface area contributed by atoms with Gasteiger partial charge in [0.25, 0.3) is 0 Å². The third kappa shape index (κ3) is 7.96. The summed E-state index contributed by atoms with van der Waals surface area (Å²) < 4.78 is 5.33. The molecule has 0 spiro atoms. The van der Waals surface area contributed by atoms with E-state index in [-0.39, 0.29) is 24.7 Å². The van der Waals surface area contributed by atoms with Crippen LogP contribution in [0.1, 0.15) is 44.7 Å². The van der Waals surface area contributed by atoms with E-state index in [0.717, 1.165) is 11.1 Å². The quantitative estimate of drug-likeness (QED) is 0.264. The summed E-state index contributed by atoms with van der Waals surface area (Å²) in [5, 5.41) is 14.8. The number of amidine groups is 1.